The number of hydrogen-bond acceptors (Lipinski definition) is 2. The molecule has 2 unspecified atom stereocenters. The van der Waals surface area contributed by atoms with Crippen LogP contribution in [0.2, 0.25) is 0 Å². The fourth-order valence-corrected chi connectivity index (χ4v) is 4.12. The van der Waals surface area contributed by atoms with Gasteiger partial charge in [-0.05, 0) is 48.8 Å². The maximum absolute atomic E-state index is 13.4. The van der Waals surface area contributed by atoms with Crippen molar-refractivity contribution in [1.29, 1.82) is 0 Å². The summed E-state index contributed by atoms with van der Waals surface area (Å²) in [6.45, 7) is 3.22. The van der Waals surface area contributed by atoms with Gasteiger partial charge in [0.15, 0.2) is 0 Å². The molecule has 0 spiro atoms. The van der Waals surface area contributed by atoms with E-state index in [1.807, 2.05) is 12.1 Å². The molecule has 0 amide bonds. The van der Waals surface area contributed by atoms with Crippen LogP contribution >= 0.6 is 0 Å². The maximum atomic E-state index is 13.4. The highest BCUT2D eigenvalue weighted by molar-refractivity contribution is 5.22. The Labute approximate surface area is 127 Å². The van der Waals surface area contributed by atoms with Gasteiger partial charge >= 0.3 is 0 Å². The summed E-state index contributed by atoms with van der Waals surface area (Å²) in [5.74, 6) is 1.09. The van der Waals surface area contributed by atoms with Gasteiger partial charge in [-0.1, -0.05) is 31.4 Å². The topological polar surface area (TPSA) is 29.3 Å². The van der Waals surface area contributed by atoms with Crippen LogP contribution in [0.15, 0.2) is 24.3 Å². The van der Waals surface area contributed by atoms with Gasteiger partial charge in [-0.3, -0.25) is 0 Å². The molecule has 1 heterocycles. The molecule has 0 radical (unpaired) electrons. The van der Waals surface area contributed by atoms with E-state index in [9.17, 15) is 4.39 Å². The number of hydrogen-bond donors (Lipinski definition) is 1. The minimum absolute atomic E-state index is 0.134. The monoisotopic (exact) mass is 290 g/mol. The summed E-state index contributed by atoms with van der Waals surface area (Å²) in [5, 5.41) is 0. The van der Waals surface area contributed by atoms with Gasteiger partial charge in [0.05, 0.1) is 0 Å². The van der Waals surface area contributed by atoms with Gasteiger partial charge in [0.1, 0.15) is 5.82 Å². The van der Waals surface area contributed by atoms with Crippen molar-refractivity contribution in [2.24, 2.45) is 11.7 Å². The van der Waals surface area contributed by atoms with E-state index in [-0.39, 0.29) is 11.9 Å². The smallest absolute Gasteiger partial charge is 0.123 e. The van der Waals surface area contributed by atoms with Crippen molar-refractivity contribution < 1.29 is 4.39 Å². The summed E-state index contributed by atoms with van der Waals surface area (Å²) in [6, 6.07) is 7.28. The van der Waals surface area contributed by atoms with E-state index in [4.69, 9.17) is 5.73 Å². The first-order valence-corrected chi connectivity index (χ1v) is 8.44. The number of rotatable bonds is 3. The predicted octanol–water partition coefficient (Wildman–Crippen LogP) is 3.52. The van der Waals surface area contributed by atoms with Crippen LogP contribution in [0.25, 0.3) is 0 Å². The number of nitrogens with zero attached hydrogens (tertiary/aromatic N) is 1. The average molecular weight is 290 g/mol. The Morgan fingerprint density at radius 2 is 1.95 bits per heavy atom. The summed E-state index contributed by atoms with van der Waals surface area (Å²) >= 11 is 0. The molecular formula is C18H27FN2. The first-order chi connectivity index (χ1) is 10.2. The Bertz CT molecular complexity index is 456. The van der Waals surface area contributed by atoms with Gasteiger partial charge in [-0.15, -0.1) is 0 Å². The number of piperidine rings is 1. The lowest BCUT2D eigenvalue weighted by Crippen LogP contribution is -2.47. The molecule has 1 aliphatic heterocycles. The van der Waals surface area contributed by atoms with Crippen molar-refractivity contribution in [2.45, 2.75) is 50.5 Å². The zero-order chi connectivity index (χ0) is 14.7. The second-order valence-electron chi connectivity index (χ2n) is 6.97. The minimum atomic E-state index is -0.134. The van der Waals surface area contributed by atoms with E-state index >= 15 is 0 Å². The summed E-state index contributed by atoms with van der Waals surface area (Å²) in [5.41, 5.74) is 7.37. The highest BCUT2D eigenvalue weighted by Gasteiger charge is 2.28. The van der Waals surface area contributed by atoms with Crippen LogP contribution in [0.5, 0.6) is 0 Å². The maximum Gasteiger partial charge on any atom is 0.123 e. The van der Waals surface area contributed by atoms with Gasteiger partial charge in [-0.2, -0.15) is 0 Å². The van der Waals surface area contributed by atoms with Crippen LogP contribution in [0, 0.1) is 11.7 Å². The van der Waals surface area contributed by atoms with Crippen molar-refractivity contribution in [3.8, 4) is 0 Å². The van der Waals surface area contributed by atoms with Crippen molar-refractivity contribution in [3.63, 3.8) is 0 Å². The molecule has 2 fully saturated rings. The lowest BCUT2D eigenvalue weighted by atomic mass is 9.85. The molecule has 1 aliphatic carbocycles. The highest BCUT2D eigenvalue weighted by atomic mass is 19.1. The molecule has 2 nitrogen and oxygen atoms in total. The third kappa shape index (κ3) is 4.04. The average Bonchev–Trinajstić information content (AvgIpc) is 2.48. The van der Waals surface area contributed by atoms with Crippen LogP contribution in [0.4, 0.5) is 4.39 Å². The molecule has 1 saturated heterocycles. The van der Waals surface area contributed by atoms with Gasteiger partial charge in [0, 0.05) is 25.7 Å². The Morgan fingerprint density at radius 3 is 2.71 bits per heavy atom. The van der Waals surface area contributed by atoms with E-state index < -0.39 is 0 Å². The first-order valence-electron chi connectivity index (χ1n) is 8.44. The Hall–Kier alpha value is -0.930. The van der Waals surface area contributed by atoms with Crippen LogP contribution in [-0.2, 0) is 0 Å². The first kappa shape index (κ1) is 15.0. The van der Waals surface area contributed by atoms with Gasteiger partial charge < -0.3 is 10.6 Å². The summed E-state index contributed by atoms with van der Waals surface area (Å²) in [4.78, 5) is 2.53. The van der Waals surface area contributed by atoms with E-state index in [0.29, 0.717) is 5.92 Å². The molecule has 0 aromatic heterocycles. The van der Waals surface area contributed by atoms with Crippen molar-refractivity contribution in [1.82, 2.24) is 4.90 Å². The lowest BCUT2D eigenvalue weighted by Gasteiger charge is -2.39. The molecule has 1 saturated carbocycles. The molecule has 1 aromatic rings. The zero-order valence-corrected chi connectivity index (χ0v) is 12.8. The largest absolute Gasteiger partial charge is 0.327 e. The fourth-order valence-electron chi connectivity index (χ4n) is 4.12. The normalized spacial score (nSPS) is 28.7. The Kier molecular flexibility index (Phi) is 4.91. The van der Waals surface area contributed by atoms with E-state index in [1.165, 1.54) is 44.7 Å². The molecule has 3 heteroatoms. The lowest BCUT2D eigenvalue weighted by molar-refractivity contribution is 0.147. The van der Waals surface area contributed by atoms with Crippen molar-refractivity contribution in [3.05, 3.63) is 35.6 Å². The second-order valence-corrected chi connectivity index (χ2v) is 6.97. The number of nitrogens with two attached hydrogens (primary N) is 1. The molecule has 2 aliphatic rings. The minimum Gasteiger partial charge on any atom is -0.327 e. The standard InChI is InChI=1S/C18H27FN2/c19-17-8-4-7-15(9-17)16-10-18(20)13-21(12-16)11-14-5-2-1-3-6-14/h4,7-9,14,16,18H,1-3,5-6,10-13,20H2. The molecule has 0 bridgehead atoms. The fraction of sp³-hybridized carbons (Fsp3) is 0.667. The van der Waals surface area contributed by atoms with Crippen LogP contribution in [0.1, 0.15) is 50.0 Å². The second kappa shape index (κ2) is 6.89. The zero-order valence-electron chi connectivity index (χ0n) is 12.8. The Morgan fingerprint density at radius 1 is 1.14 bits per heavy atom. The van der Waals surface area contributed by atoms with Gasteiger partial charge in [0.25, 0.3) is 0 Å². The van der Waals surface area contributed by atoms with Gasteiger partial charge in [-0.25, -0.2) is 4.39 Å². The van der Waals surface area contributed by atoms with Crippen LogP contribution in [-0.4, -0.2) is 30.6 Å². The molecule has 1 aromatic carbocycles. The quantitative estimate of drug-likeness (QED) is 0.923. The predicted molar refractivity (Wildman–Crippen MR) is 84.7 cm³/mol. The molecule has 2 N–H and O–H groups in total. The Balaban J connectivity index is 1.63. The summed E-state index contributed by atoms with van der Waals surface area (Å²) in [6.07, 6.45) is 7.90. The van der Waals surface area contributed by atoms with Crippen LogP contribution < -0.4 is 5.73 Å². The summed E-state index contributed by atoms with van der Waals surface area (Å²) in [7, 11) is 0. The van der Waals surface area contributed by atoms with E-state index in [1.54, 1.807) is 6.07 Å². The van der Waals surface area contributed by atoms with Crippen molar-refractivity contribution >= 4 is 0 Å². The van der Waals surface area contributed by atoms with Gasteiger partial charge in [0.2, 0.25) is 0 Å². The molecular weight excluding hydrogens is 263 g/mol. The SMILES string of the molecule is NC1CC(c2cccc(F)c2)CN(CC2CCCCC2)C1. The molecule has 2 atom stereocenters. The van der Waals surface area contributed by atoms with E-state index in [2.05, 4.69) is 4.90 Å². The van der Waals surface area contributed by atoms with Crippen molar-refractivity contribution in [2.75, 3.05) is 19.6 Å². The third-order valence-corrected chi connectivity index (χ3v) is 5.12. The van der Waals surface area contributed by atoms with E-state index in [0.717, 1.165) is 31.0 Å². The van der Waals surface area contributed by atoms with Crippen LogP contribution in [0.3, 0.4) is 0 Å². The number of likely N-dealkylation sites (tertiary alicyclic amines) is 1. The number of halogens is 1. The molecule has 116 valence electrons. The highest BCUT2D eigenvalue weighted by Crippen LogP contribution is 2.30. The molecule has 3 rings (SSSR count). The molecule has 21 heavy (non-hydrogen) atoms. The number of benzene rings is 1. The third-order valence-electron chi connectivity index (χ3n) is 5.12. The summed E-state index contributed by atoms with van der Waals surface area (Å²) < 4.78 is 13.4.